The van der Waals surface area contributed by atoms with Gasteiger partial charge in [-0.3, -0.25) is 14.4 Å². The fourth-order valence-electron chi connectivity index (χ4n) is 3.79. The third-order valence-corrected chi connectivity index (χ3v) is 5.41. The van der Waals surface area contributed by atoms with E-state index in [-0.39, 0.29) is 12.3 Å². The van der Waals surface area contributed by atoms with Gasteiger partial charge in [0.15, 0.2) is 0 Å². The number of hydrogen-bond donors (Lipinski definition) is 6. The molecule has 0 aromatic carbocycles. The number of carbonyl (C=O) groups excluding carboxylic acids is 2. The molecule has 2 aliphatic carbocycles. The van der Waals surface area contributed by atoms with E-state index in [0.717, 1.165) is 0 Å². The van der Waals surface area contributed by atoms with Crippen LogP contribution in [0.1, 0.15) is 27.2 Å². The van der Waals surface area contributed by atoms with Crippen LogP contribution in [0.3, 0.4) is 0 Å². The summed E-state index contributed by atoms with van der Waals surface area (Å²) in [5.74, 6) is -6.70. The van der Waals surface area contributed by atoms with Crippen LogP contribution in [-0.4, -0.2) is 62.8 Å². The standard InChI is InChI=1S/C16H25N3O7/c1-5(2)11(17)13(22)18-6(3)12(21)19-16(15(25)26)4-7(20)8-9(10(8)16)14(23)24/h5-11,20H,4,17H2,1-3H3,(H,18,22)(H,19,21)(H,23,24)(H,25,26)/t6-,7-,8-,9-,10-,11-,16-/m0/s1. The lowest BCUT2D eigenvalue weighted by atomic mass is 9.89. The van der Waals surface area contributed by atoms with Gasteiger partial charge in [0.05, 0.1) is 18.1 Å². The summed E-state index contributed by atoms with van der Waals surface area (Å²) in [5.41, 5.74) is 3.84. The molecule has 146 valence electrons. The maximum atomic E-state index is 12.4. The van der Waals surface area contributed by atoms with Crippen molar-refractivity contribution in [1.29, 1.82) is 0 Å². The molecule has 10 nitrogen and oxygen atoms in total. The van der Waals surface area contributed by atoms with E-state index in [0.29, 0.717) is 0 Å². The molecule has 0 aromatic rings. The topological polar surface area (TPSA) is 179 Å². The molecule has 2 rings (SSSR count). The number of hydrogen-bond acceptors (Lipinski definition) is 6. The second-order valence-corrected chi connectivity index (χ2v) is 7.50. The number of amides is 2. The third-order valence-electron chi connectivity index (χ3n) is 5.41. The number of fused-ring (bicyclic) bond motifs is 1. The van der Waals surface area contributed by atoms with Crippen LogP contribution in [0.2, 0.25) is 0 Å². The highest BCUT2D eigenvalue weighted by Gasteiger charge is 2.75. The predicted octanol–water partition coefficient (Wildman–Crippen LogP) is -1.87. The summed E-state index contributed by atoms with van der Waals surface area (Å²) in [4.78, 5) is 47.5. The molecule has 0 unspecified atom stereocenters. The van der Waals surface area contributed by atoms with Crippen LogP contribution in [0.15, 0.2) is 0 Å². The van der Waals surface area contributed by atoms with E-state index in [2.05, 4.69) is 10.6 Å². The van der Waals surface area contributed by atoms with Crippen LogP contribution < -0.4 is 16.4 Å². The van der Waals surface area contributed by atoms with Crippen LogP contribution in [0, 0.1) is 23.7 Å². The Morgan fingerprint density at radius 1 is 1.12 bits per heavy atom. The first kappa shape index (κ1) is 20.1. The van der Waals surface area contributed by atoms with Crippen LogP contribution in [0.5, 0.6) is 0 Å². The van der Waals surface area contributed by atoms with Crippen LogP contribution >= 0.6 is 0 Å². The van der Waals surface area contributed by atoms with E-state index in [1.165, 1.54) is 6.92 Å². The minimum atomic E-state index is -1.87. The van der Waals surface area contributed by atoms with Gasteiger partial charge in [-0.05, 0) is 12.8 Å². The number of carboxylic acid groups (broad SMARTS) is 2. The van der Waals surface area contributed by atoms with Crippen molar-refractivity contribution < 1.29 is 34.5 Å². The second-order valence-electron chi connectivity index (χ2n) is 7.50. The lowest BCUT2D eigenvalue weighted by molar-refractivity contribution is -0.151. The molecule has 0 spiro atoms. The smallest absolute Gasteiger partial charge is 0.329 e. The van der Waals surface area contributed by atoms with Gasteiger partial charge in [0.2, 0.25) is 11.8 Å². The Hall–Kier alpha value is -2.20. The number of rotatable bonds is 7. The van der Waals surface area contributed by atoms with Gasteiger partial charge >= 0.3 is 11.9 Å². The third kappa shape index (κ3) is 3.26. The lowest BCUT2D eigenvalue weighted by Gasteiger charge is -2.31. The summed E-state index contributed by atoms with van der Waals surface area (Å²) in [7, 11) is 0. The summed E-state index contributed by atoms with van der Waals surface area (Å²) in [6, 6.07) is -1.89. The number of carbonyl (C=O) groups is 4. The quantitative estimate of drug-likeness (QED) is 0.301. The number of nitrogens with one attached hydrogen (secondary N) is 2. The summed E-state index contributed by atoms with van der Waals surface area (Å²) < 4.78 is 0. The van der Waals surface area contributed by atoms with Gasteiger partial charge < -0.3 is 31.7 Å². The highest BCUT2D eigenvalue weighted by atomic mass is 16.4. The van der Waals surface area contributed by atoms with Gasteiger partial charge in [0, 0.05) is 18.3 Å². The van der Waals surface area contributed by atoms with Gasteiger partial charge in [-0.25, -0.2) is 4.79 Å². The van der Waals surface area contributed by atoms with Crippen LogP contribution in [0.4, 0.5) is 0 Å². The Balaban J connectivity index is 2.11. The zero-order valence-electron chi connectivity index (χ0n) is 14.8. The Morgan fingerprint density at radius 2 is 1.69 bits per heavy atom. The highest BCUT2D eigenvalue weighted by molar-refractivity contribution is 5.94. The number of nitrogens with two attached hydrogens (primary N) is 1. The highest BCUT2D eigenvalue weighted by Crippen LogP contribution is 2.62. The predicted molar refractivity (Wildman–Crippen MR) is 87.7 cm³/mol. The van der Waals surface area contributed by atoms with Crippen molar-refractivity contribution in [2.45, 2.75) is 50.9 Å². The molecule has 7 N–H and O–H groups in total. The van der Waals surface area contributed by atoms with Gasteiger partial charge in [-0.2, -0.15) is 0 Å². The van der Waals surface area contributed by atoms with Crippen molar-refractivity contribution in [3.63, 3.8) is 0 Å². The van der Waals surface area contributed by atoms with Crippen LogP contribution in [-0.2, 0) is 19.2 Å². The minimum absolute atomic E-state index is 0.149. The fraction of sp³-hybridized carbons (Fsp3) is 0.750. The monoisotopic (exact) mass is 371 g/mol. The maximum absolute atomic E-state index is 12.4. The molecular formula is C16H25N3O7. The number of aliphatic carboxylic acids is 2. The average molecular weight is 371 g/mol. The summed E-state index contributed by atoms with van der Waals surface area (Å²) in [6.07, 6.45) is -1.41. The Morgan fingerprint density at radius 3 is 2.12 bits per heavy atom. The van der Waals surface area contributed by atoms with Crippen molar-refractivity contribution >= 4 is 23.8 Å². The first-order valence-corrected chi connectivity index (χ1v) is 8.46. The lowest BCUT2D eigenvalue weighted by Crippen LogP contribution is -2.61. The largest absolute Gasteiger partial charge is 0.481 e. The molecule has 2 aliphatic rings. The van der Waals surface area contributed by atoms with Gasteiger partial charge in [0.25, 0.3) is 0 Å². The van der Waals surface area contributed by atoms with Crippen molar-refractivity contribution in [3.8, 4) is 0 Å². The molecule has 0 aromatic heterocycles. The molecule has 0 heterocycles. The molecule has 2 amide bonds. The summed E-state index contributed by atoms with van der Waals surface area (Å²) in [6.45, 7) is 4.86. The Labute approximate surface area is 150 Å². The average Bonchev–Trinajstić information content (AvgIpc) is 3.22. The molecule has 0 bridgehead atoms. The van der Waals surface area contributed by atoms with Crippen molar-refractivity contribution in [1.82, 2.24) is 10.6 Å². The van der Waals surface area contributed by atoms with E-state index in [9.17, 15) is 34.5 Å². The molecule has 7 atom stereocenters. The molecule has 2 saturated carbocycles. The first-order chi connectivity index (χ1) is 11.9. The van der Waals surface area contributed by atoms with E-state index in [1.54, 1.807) is 13.8 Å². The van der Waals surface area contributed by atoms with Crippen molar-refractivity contribution in [2.24, 2.45) is 29.4 Å². The van der Waals surface area contributed by atoms with E-state index < -0.39 is 65.2 Å². The molecule has 0 radical (unpaired) electrons. The molecule has 2 fully saturated rings. The number of carboxylic acids is 2. The molecule has 0 aliphatic heterocycles. The van der Waals surface area contributed by atoms with E-state index >= 15 is 0 Å². The van der Waals surface area contributed by atoms with Gasteiger partial charge in [0.1, 0.15) is 11.6 Å². The molecule has 10 heteroatoms. The Bertz CT molecular complexity index is 637. The zero-order valence-corrected chi connectivity index (χ0v) is 14.8. The number of aliphatic hydroxyl groups excluding tert-OH is 1. The zero-order chi connectivity index (χ0) is 20.0. The molecule has 0 saturated heterocycles. The fourth-order valence-corrected chi connectivity index (χ4v) is 3.79. The van der Waals surface area contributed by atoms with Crippen molar-refractivity contribution in [3.05, 3.63) is 0 Å². The molecule has 26 heavy (non-hydrogen) atoms. The SMILES string of the molecule is CC(C)[C@H](N)C(=O)N[C@@H](C)C(=O)N[C@@]1(C(=O)O)C[C@H](O)[C@H]2[C@H](C(=O)O)[C@H]21. The second kappa shape index (κ2) is 6.84. The first-order valence-electron chi connectivity index (χ1n) is 8.46. The Kier molecular flexibility index (Phi) is 5.29. The van der Waals surface area contributed by atoms with Gasteiger partial charge in [-0.15, -0.1) is 0 Å². The molecular weight excluding hydrogens is 346 g/mol. The van der Waals surface area contributed by atoms with Gasteiger partial charge in [-0.1, -0.05) is 13.8 Å². The van der Waals surface area contributed by atoms with E-state index in [4.69, 9.17) is 5.73 Å². The maximum Gasteiger partial charge on any atom is 0.329 e. The van der Waals surface area contributed by atoms with Crippen LogP contribution in [0.25, 0.3) is 0 Å². The van der Waals surface area contributed by atoms with Crippen molar-refractivity contribution in [2.75, 3.05) is 0 Å². The summed E-state index contributed by atoms with van der Waals surface area (Å²) >= 11 is 0. The van der Waals surface area contributed by atoms with E-state index in [1.807, 2.05) is 0 Å². The summed E-state index contributed by atoms with van der Waals surface area (Å²) in [5, 5.41) is 33.6. The normalized spacial score (nSPS) is 34.5. The minimum Gasteiger partial charge on any atom is -0.481 e. The number of aliphatic hydroxyl groups is 1.